The van der Waals surface area contributed by atoms with Crippen LogP contribution in [0.15, 0.2) is 24.3 Å². The van der Waals surface area contributed by atoms with E-state index in [-0.39, 0.29) is 5.75 Å². The SMILES string of the molecule is CNCC(C)(O)Cc1ccc(O)cc1. The first-order valence-electron chi connectivity index (χ1n) is 4.68. The number of likely N-dealkylation sites (N-methyl/N-ethyl adjacent to an activating group) is 1. The van der Waals surface area contributed by atoms with Crippen LogP contribution >= 0.6 is 0 Å². The minimum Gasteiger partial charge on any atom is -0.508 e. The lowest BCUT2D eigenvalue weighted by Gasteiger charge is -2.22. The molecule has 1 atom stereocenters. The van der Waals surface area contributed by atoms with Gasteiger partial charge in [-0.3, -0.25) is 0 Å². The van der Waals surface area contributed by atoms with Crippen LogP contribution in [0.5, 0.6) is 5.75 Å². The summed E-state index contributed by atoms with van der Waals surface area (Å²) in [5.41, 5.74) is 0.272. The number of phenols is 1. The molecular weight excluding hydrogens is 178 g/mol. The minimum absolute atomic E-state index is 0.252. The molecule has 0 saturated heterocycles. The highest BCUT2D eigenvalue weighted by Gasteiger charge is 2.19. The first-order chi connectivity index (χ1) is 6.53. The topological polar surface area (TPSA) is 52.5 Å². The number of hydrogen-bond donors (Lipinski definition) is 3. The van der Waals surface area contributed by atoms with E-state index in [1.807, 2.05) is 19.2 Å². The maximum absolute atomic E-state index is 9.91. The summed E-state index contributed by atoms with van der Waals surface area (Å²) in [5, 5.41) is 21.9. The molecular formula is C11H17NO2. The molecule has 3 heteroatoms. The van der Waals surface area contributed by atoms with Gasteiger partial charge in [-0.2, -0.15) is 0 Å². The van der Waals surface area contributed by atoms with Crippen molar-refractivity contribution in [2.75, 3.05) is 13.6 Å². The summed E-state index contributed by atoms with van der Waals surface area (Å²) in [6, 6.07) is 6.90. The summed E-state index contributed by atoms with van der Waals surface area (Å²) < 4.78 is 0. The van der Waals surface area contributed by atoms with Gasteiger partial charge in [-0.15, -0.1) is 0 Å². The van der Waals surface area contributed by atoms with Crippen LogP contribution in [0.25, 0.3) is 0 Å². The van der Waals surface area contributed by atoms with Crippen molar-refractivity contribution < 1.29 is 10.2 Å². The molecule has 0 aliphatic heterocycles. The standard InChI is InChI=1S/C11H17NO2/c1-11(14,8-12-2)7-9-3-5-10(13)6-4-9/h3-6,12-14H,7-8H2,1-2H3. The summed E-state index contributed by atoms with van der Waals surface area (Å²) in [6.07, 6.45) is 0.577. The lowest BCUT2D eigenvalue weighted by Crippen LogP contribution is -2.38. The van der Waals surface area contributed by atoms with Crippen LogP contribution in [0.4, 0.5) is 0 Å². The Morgan fingerprint density at radius 2 is 1.86 bits per heavy atom. The van der Waals surface area contributed by atoms with E-state index in [2.05, 4.69) is 5.32 Å². The van der Waals surface area contributed by atoms with E-state index in [1.165, 1.54) is 0 Å². The second kappa shape index (κ2) is 4.44. The van der Waals surface area contributed by atoms with Crippen LogP contribution in [0.1, 0.15) is 12.5 Å². The third kappa shape index (κ3) is 3.36. The highest BCUT2D eigenvalue weighted by atomic mass is 16.3. The van der Waals surface area contributed by atoms with E-state index in [4.69, 9.17) is 5.11 Å². The van der Waals surface area contributed by atoms with Gasteiger partial charge >= 0.3 is 0 Å². The van der Waals surface area contributed by atoms with Gasteiger partial charge in [-0.05, 0) is 31.7 Å². The number of aliphatic hydroxyl groups is 1. The van der Waals surface area contributed by atoms with Crippen molar-refractivity contribution in [1.82, 2.24) is 5.32 Å². The van der Waals surface area contributed by atoms with Gasteiger partial charge in [0.05, 0.1) is 5.60 Å². The van der Waals surface area contributed by atoms with Crippen LogP contribution in [0, 0.1) is 0 Å². The Morgan fingerprint density at radius 1 is 1.29 bits per heavy atom. The average molecular weight is 195 g/mol. The maximum atomic E-state index is 9.91. The van der Waals surface area contributed by atoms with E-state index in [0.717, 1.165) is 5.56 Å². The molecule has 3 N–H and O–H groups in total. The van der Waals surface area contributed by atoms with Gasteiger partial charge in [0.25, 0.3) is 0 Å². The molecule has 0 radical (unpaired) electrons. The Balaban J connectivity index is 2.64. The largest absolute Gasteiger partial charge is 0.508 e. The molecule has 1 rings (SSSR count). The molecule has 0 saturated carbocycles. The molecule has 78 valence electrons. The molecule has 1 unspecified atom stereocenters. The fourth-order valence-corrected chi connectivity index (χ4v) is 1.50. The van der Waals surface area contributed by atoms with Crippen molar-refractivity contribution in [1.29, 1.82) is 0 Å². The van der Waals surface area contributed by atoms with Gasteiger partial charge in [-0.25, -0.2) is 0 Å². The third-order valence-corrected chi connectivity index (χ3v) is 2.08. The number of benzene rings is 1. The van der Waals surface area contributed by atoms with Crippen molar-refractivity contribution in [2.45, 2.75) is 18.9 Å². The van der Waals surface area contributed by atoms with Gasteiger partial charge in [0.1, 0.15) is 5.75 Å². The Hall–Kier alpha value is -1.06. The van der Waals surface area contributed by atoms with Gasteiger partial charge in [0.2, 0.25) is 0 Å². The lowest BCUT2D eigenvalue weighted by molar-refractivity contribution is 0.0622. The first-order valence-corrected chi connectivity index (χ1v) is 4.68. The Bertz CT molecular complexity index is 280. The number of aromatic hydroxyl groups is 1. The van der Waals surface area contributed by atoms with Crippen LogP contribution in [-0.2, 0) is 6.42 Å². The summed E-state index contributed by atoms with van der Waals surface area (Å²) in [4.78, 5) is 0. The predicted molar refractivity (Wildman–Crippen MR) is 56.4 cm³/mol. The molecule has 3 nitrogen and oxygen atoms in total. The predicted octanol–water partition coefficient (Wildman–Crippen LogP) is 0.905. The Kier molecular flexibility index (Phi) is 3.49. The molecule has 1 aromatic rings. The molecule has 1 aromatic carbocycles. The first kappa shape index (κ1) is 11.0. The molecule has 0 fully saturated rings. The van der Waals surface area contributed by atoms with E-state index >= 15 is 0 Å². The quantitative estimate of drug-likeness (QED) is 0.669. The lowest BCUT2D eigenvalue weighted by atomic mass is 9.96. The van der Waals surface area contributed by atoms with E-state index in [0.29, 0.717) is 13.0 Å². The second-order valence-electron chi connectivity index (χ2n) is 3.87. The van der Waals surface area contributed by atoms with E-state index < -0.39 is 5.60 Å². The Morgan fingerprint density at radius 3 is 2.36 bits per heavy atom. The van der Waals surface area contributed by atoms with Crippen molar-refractivity contribution in [3.63, 3.8) is 0 Å². The summed E-state index contributed by atoms with van der Waals surface area (Å²) in [7, 11) is 1.81. The fourth-order valence-electron chi connectivity index (χ4n) is 1.50. The van der Waals surface area contributed by atoms with Crippen molar-refractivity contribution >= 4 is 0 Å². The third-order valence-electron chi connectivity index (χ3n) is 2.08. The van der Waals surface area contributed by atoms with Gasteiger partial charge in [-0.1, -0.05) is 12.1 Å². The highest BCUT2D eigenvalue weighted by Crippen LogP contribution is 2.15. The monoisotopic (exact) mass is 195 g/mol. The van der Waals surface area contributed by atoms with Crippen molar-refractivity contribution in [3.05, 3.63) is 29.8 Å². The van der Waals surface area contributed by atoms with Crippen molar-refractivity contribution in [3.8, 4) is 5.75 Å². The minimum atomic E-state index is -0.744. The van der Waals surface area contributed by atoms with Gasteiger partial charge in [0.15, 0.2) is 0 Å². The average Bonchev–Trinajstić information content (AvgIpc) is 2.08. The molecule has 14 heavy (non-hydrogen) atoms. The van der Waals surface area contributed by atoms with Gasteiger partial charge in [0, 0.05) is 13.0 Å². The zero-order valence-corrected chi connectivity index (χ0v) is 8.62. The van der Waals surface area contributed by atoms with Crippen LogP contribution in [0.2, 0.25) is 0 Å². The molecule has 0 aliphatic carbocycles. The summed E-state index contributed by atoms with van der Waals surface area (Å²) >= 11 is 0. The number of rotatable bonds is 4. The fraction of sp³-hybridized carbons (Fsp3) is 0.455. The molecule has 0 heterocycles. The van der Waals surface area contributed by atoms with E-state index in [9.17, 15) is 5.11 Å². The maximum Gasteiger partial charge on any atom is 0.115 e. The summed E-state index contributed by atoms with van der Waals surface area (Å²) in [6.45, 7) is 2.34. The number of phenolic OH excluding ortho intramolecular Hbond substituents is 1. The van der Waals surface area contributed by atoms with Crippen LogP contribution in [0.3, 0.4) is 0 Å². The molecule has 0 aliphatic rings. The zero-order chi connectivity index (χ0) is 10.6. The highest BCUT2D eigenvalue weighted by molar-refractivity contribution is 5.26. The number of hydrogen-bond acceptors (Lipinski definition) is 3. The summed E-state index contributed by atoms with van der Waals surface area (Å²) in [5.74, 6) is 0.252. The normalized spacial score (nSPS) is 15.1. The van der Waals surface area contributed by atoms with Crippen molar-refractivity contribution in [2.24, 2.45) is 0 Å². The molecule has 0 spiro atoms. The van der Waals surface area contributed by atoms with Crippen LogP contribution < -0.4 is 5.32 Å². The van der Waals surface area contributed by atoms with Crippen LogP contribution in [-0.4, -0.2) is 29.4 Å². The number of nitrogens with one attached hydrogen (secondary N) is 1. The Labute approximate surface area is 84.4 Å². The molecule has 0 amide bonds. The molecule has 0 aromatic heterocycles. The smallest absolute Gasteiger partial charge is 0.115 e. The zero-order valence-electron chi connectivity index (χ0n) is 8.62. The van der Waals surface area contributed by atoms with Gasteiger partial charge < -0.3 is 15.5 Å². The van der Waals surface area contributed by atoms with E-state index in [1.54, 1.807) is 19.1 Å². The second-order valence-corrected chi connectivity index (χ2v) is 3.87. The molecule has 0 bridgehead atoms.